The number of ether oxygens (including phenoxy) is 2. The predicted molar refractivity (Wildman–Crippen MR) is 164 cm³/mol. The lowest BCUT2D eigenvalue weighted by Gasteiger charge is -2.35. The van der Waals surface area contributed by atoms with E-state index >= 15 is 4.39 Å². The second kappa shape index (κ2) is 11.5. The number of halogens is 2. The second-order valence-corrected chi connectivity index (χ2v) is 16.1. The van der Waals surface area contributed by atoms with E-state index in [2.05, 4.69) is 19.9 Å². The normalized spacial score (nSPS) is 38.8. The van der Waals surface area contributed by atoms with E-state index < -0.39 is 76.1 Å². The topological polar surface area (TPSA) is 200 Å². The summed E-state index contributed by atoms with van der Waals surface area (Å²) in [6.07, 6.45) is -6.62. The highest BCUT2D eigenvalue weighted by Gasteiger charge is 2.57. The van der Waals surface area contributed by atoms with Crippen molar-refractivity contribution < 1.29 is 46.5 Å². The first-order valence-electron chi connectivity index (χ1n) is 13.7. The molecule has 2 radical (unpaired) electrons. The van der Waals surface area contributed by atoms with Crippen molar-refractivity contribution in [2.75, 3.05) is 18.9 Å². The fourth-order valence-electron chi connectivity index (χ4n) is 5.78. The summed E-state index contributed by atoms with van der Waals surface area (Å²) in [7, 11) is 1.47. The molecule has 16 nitrogen and oxygen atoms in total. The maximum absolute atomic E-state index is 16.1. The van der Waals surface area contributed by atoms with Crippen LogP contribution in [0.5, 0.6) is 0 Å². The maximum Gasteiger partial charge on any atom is 0.325 e. The molecule has 0 amide bonds. The Balaban J connectivity index is 1.19. The Morgan fingerprint density at radius 1 is 1.17 bits per heavy atom. The number of nitrogen functional groups attached to an aromatic ring is 1. The molecule has 10 atom stereocenters. The van der Waals surface area contributed by atoms with Gasteiger partial charge >= 0.3 is 6.72 Å². The van der Waals surface area contributed by atoms with E-state index in [1.54, 1.807) is 12.1 Å². The molecule has 3 aliphatic rings. The molecule has 4 unspecified atom stereocenters. The molecule has 0 saturated carbocycles. The number of benzene rings is 1. The van der Waals surface area contributed by atoms with Gasteiger partial charge in [0.25, 0.3) is 7.47 Å². The number of nitrogens with two attached hydrogens (primary N) is 1. The average Bonchev–Trinajstić information content (AvgIpc) is 3.73. The van der Waals surface area contributed by atoms with Crippen LogP contribution in [0.3, 0.4) is 0 Å². The van der Waals surface area contributed by atoms with Gasteiger partial charge in [-0.25, -0.2) is 24.3 Å². The molecule has 0 aliphatic carbocycles. The standard InChI is InChI=1S/C24H26BClFN7O9P2S/c1-10-3-12-13(4-11(10)26)33(8-31-12)23-17(35)19-24(2,41-23)6-39-45(37,46)42-18-14(5-38-44(25,36)43-19)40-22(15(18)27)34-9-32-16-20(28)29-7-30-21(16)34/h3-4,7-9,14-15,17-19,22-23,35H,5-6H2,1-2H3,(H,37,46)(H2,28,29,30)/t14-,15?,17+,18+,19?,22-,23-,24-,44?,45?/m1/s1. The molecule has 1 aromatic carbocycles. The van der Waals surface area contributed by atoms with Crippen LogP contribution in [0.15, 0.2) is 31.1 Å². The predicted octanol–water partition coefficient (Wildman–Crippen LogP) is 2.61. The number of aryl methyl sites for hydroxylation is 1. The van der Waals surface area contributed by atoms with E-state index in [0.29, 0.717) is 16.1 Å². The first-order chi connectivity index (χ1) is 21.7. The van der Waals surface area contributed by atoms with Gasteiger partial charge in [0.2, 0.25) is 7.57 Å². The summed E-state index contributed by atoms with van der Waals surface area (Å²) in [6.45, 7) is -2.16. The molecule has 3 aliphatic heterocycles. The number of rotatable bonds is 2. The van der Waals surface area contributed by atoms with Crippen LogP contribution in [-0.4, -0.2) is 96.0 Å². The second-order valence-electron chi connectivity index (χ2n) is 11.3. The summed E-state index contributed by atoms with van der Waals surface area (Å²) in [5.74, 6) is 0.0644. The van der Waals surface area contributed by atoms with Crippen molar-refractivity contribution >= 4 is 73.2 Å². The van der Waals surface area contributed by atoms with Gasteiger partial charge < -0.3 is 43.3 Å². The van der Waals surface area contributed by atoms with Gasteiger partial charge in [-0.1, -0.05) is 11.6 Å². The molecular formula is C24H26BClFN7O9P2S. The van der Waals surface area contributed by atoms with E-state index in [9.17, 15) is 14.6 Å². The zero-order valence-corrected chi connectivity index (χ0v) is 27.4. The summed E-state index contributed by atoms with van der Waals surface area (Å²) in [4.78, 5) is 27.6. The molecule has 244 valence electrons. The van der Waals surface area contributed by atoms with Gasteiger partial charge in [-0.3, -0.25) is 13.7 Å². The zero-order chi connectivity index (χ0) is 32.8. The molecule has 46 heavy (non-hydrogen) atoms. The number of hydrogen-bond donors (Lipinski definition) is 3. The molecule has 22 heteroatoms. The summed E-state index contributed by atoms with van der Waals surface area (Å²) in [6, 6.07) is 3.43. The molecule has 0 spiro atoms. The van der Waals surface area contributed by atoms with Crippen LogP contribution < -0.4 is 5.73 Å². The molecule has 4 N–H and O–H groups in total. The first-order valence-corrected chi connectivity index (χ1v) is 18.3. The van der Waals surface area contributed by atoms with Crippen molar-refractivity contribution in [2.24, 2.45) is 0 Å². The lowest BCUT2D eigenvalue weighted by atomic mass is 9.98. The average molecular weight is 716 g/mol. The monoisotopic (exact) mass is 715 g/mol. The summed E-state index contributed by atoms with van der Waals surface area (Å²) >= 11 is 11.6. The third-order valence-corrected chi connectivity index (χ3v) is 11.1. The van der Waals surface area contributed by atoms with Crippen molar-refractivity contribution in [3.8, 4) is 0 Å². The Morgan fingerprint density at radius 2 is 1.93 bits per heavy atom. The van der Waals surface area contributed by atoms with E-state index in [4.69, 9.17) is 64.3 Å². The molecule has 3 aromatic heterocycles. The third-order valence-electron chi connectivity index (χ3n) is 8.10. The van der Waals surface area contributed by atoms with Crippen LogP contribution >= 0.6 is 25.8 Å². The molecule has 4 aromatic rings. The Labute approximate surface area is 271 Å². The molecule has 0 bridgehead atoms. The van der Waals surface area contributed by atoms with Gasteiger partial charge in [0.05, 0.1) is 36.9 Å². The zero-order valence-electron chi connectivity index (χ0n) is 24.0. The molecule has 3 fully saturated rings. The number of fused-ring (bicyclic) bond motifs is 4. The SMILES string of the molecule is [B]P1(=O)OC[C@H]2O[C@@H](n3cnc4c(N)ncnc43)C(F)[C@H]2OP(O)(=S)OC[C@@]2(C)O[C@@H](n3cnc4cc(C)c(Cl)cc43)[C@@H](O)C2O1. The largest absolute Gasteiger partial charge is 0.386 e. The summed E-state index contributed by atoms with van der Waals surface area (Å²) in [5.41, 5.74) is 6.46. The highest BCUT2D eigenvalue weighted by atomic mass is 35.5. The van der Waals surface area contributed by atoms with E-state index in [0.717, 1.165) is 5.56 Å². The van der Waals surface area contributed by atoms with Crippen molar-refractivity contribution in [2.45, 2.75) is 62.5 Å². The van der Waals surface area contributed by atoms with Crippen LogP contribution in [0.1, 0.15) is 24.9 Å². The number of alkyl halides is 1. The smallest absolute Gasteiger partial charge is 0.325 e. The van der Waals surface area contributed by atoms with Crippen LogP contribution in [-0.2, 0) is 43.9 Å². The van der Waals surface area contributed by atoms with Gasteiger partial charge in [-0.2, -0.15) is 0 Å². The molecule has 7 rings (SSSR count). The number of aliphatic hydroxyl groups excluding tert-OH is 1. The highest BCUT2D eigenvalue weighted by molar-refractivity contribution is 8.07. The number of hydrogen-bond acceptors (Lipinski definition) is 14. The van der Waals surface area contributed by atoms with Crippen LogP contribution in [0, 0.1) is 6.92 Å². The van der Waals surface area contributed by atoms with E-state index in [1.165, 1.54) is 35.0 Å². The maximum atomic E-state index is 16.1. The lowest BCUT2D eigenvalue weighted by molar-refractivity contribution is -0.113. The van der Waals surface area contributed by atoms with Crippen LogP contribution in [0.2, 0.25) is 5.02 Å². The van der Waals surface area contributed by atoms with Gasteiger partial charge in [0.1, 0.15) is 41.9 Å². The number of imidazole rings is 2. The Hall–Kier alpha value is -2.12. The van der Waals surface area contributed by atoms with Crippen molar-refractivity contribution in [1.82, 2.24) is 29.1 Å². The quantitative estimate of drug-likeness (QED) is 0.202. The van der Waals surface area contributed by atoms with E-state index in [1.807, 2.05) is 6.92 Å². The van der Waals surface area contributed by atoms with Gasteiger partial charge in [0.15, 0.2) is 30.1 Å². The Bertz CT molecular complexity index is 1940. The number of anilines is 1. The fraction of sp³-hybridized carbons (Fsp3) is 0.500. The first kappa shape index (κ1) is 32.4. The summed E-state index contributed by atoms with van der Waals surface area (Å²) < 4.78 is 66.9. The number of nitrogens with zero attached hydrogens (tertiary/aromatic N) is 6. The lowest BCUT2D eigenvalue weighted by Crippen LogP contribution is -2.46. The van der Waals surface area contributed by atoms with Gasteiger partial charge in [-0.05, 0) is 43.4 Å². The molecule has 6 heterocycles. The van der Waals surface area contributed by atoms with Crippen molar-refractivity contribution in [3.05, 3.63) is 41.7 Å². The Morgan fingerprint density at radius 3 is 2.72 bits per heavy atom. The third kappa shape index (κ3) is 5.59. The van der Waals surface area contributed by atoms with Gasteiger partial charge in [-0.15, -0.1) is 0 Å². The van der Waals surface area contributed by atoms with Crippen LogP contribution in [0.4, 0.5) is 10.2 Å². The minimum atomic E-state index is -4.52. The fourth-order valence-corrected chi connectivity index (χ4v) is 8.52. The van der Waals surface area contributed by atoms with Crippen molar-refractivity contribution in [1.29, 1.82) is 0 Å². The number of aliphatic hydroxyl groups is 1. The highest BCUT2D eigenvalue weighted by Crippen LogP contribution is 2.56. The van der Waals surface area contributed by atoms with Gasteiger partial charge in [0, 0.05) is 5.02 Å². The number of aromatic nitrogens is 6. The molecular weight excluding hydrogens is 690 g/mol. The molecule has 3 saturated heterocycles. The van der Waals surface area contributed by atoms with Crippen molar-refractivity contribution in [3.63, 3.8) is 0 Å². The minimum absolute atomic E-state index is 0.0644. The van der Waals surface area contributed by atoms with E-state index in [-0.39, 0.29) is 17.0 Å². The van der Waals surface area contributed by atoms with Crippen LogP contribution in [0.25, 0.3) is 22.2 Å². The minimum Gasteiger partial charge on any atom is -0.386 e. The summed E-state index contributed by atoms with van der Waals surface area (Å²) in [5, 5.41) is 11.9. The Kier molecular flexibility index (Phi) is 8.11.